The fourth-order valence-electron chi connectivity index (χ4n) is 1.86. The highest BCUT2D eigenvalue weighted by molar-refractivity contribution is 6.06. The minimum Gasteiger partial charge on any atom is -0.289 e. The molecule has 96 valence electrons. The van der Waals surface area contributed by atoms with Crippen molar-refractivity contribution in [2.45, 2.75) is 19.8 Å². The first kappa shape index (κ1) is 13.3. The van der Waals surface area contributed by atoms with Crippen LogP contribution in [0.4, 0.5) is 0 Å². The van der Waals surface area contributed by atoms with E-state index >= 15 is 0 Å². The molecule has 0 spiro atoms. The Kier molecular flexibility index (Phi) is 4.30. The quantitative estimate of drug-likeness (QED) is 0.567. The first-order valence-corrected chi connectivity index (χ1v) is 6.54. The van der Waals surface area contributed by atoms with Crippen molar-refractivity contribution in [1.29, 1.82) is 0 Å². The van der Waals surface area contributed by atoms with Crippen molar-refractivity contribution in [3.63, 3.8) is 0 Å². The lowest BCUT2D eigenvalue weighted by Crippen LogP contribution is -1.95. The summed E-state index contributed by atoms with van der Waals surface area (Å²) in [6.45, 7) is 4.29. The lowest BCUT2D eigenvalue weighted by molar-refractivity contribution is 0.104. The smallest absolute Gasteiger partial charge is 0.185 e. The molecule has 0 amide bonds. The zero-order valence-electron chi connectivity index (χ0n) is 11.3. The molecule has 0 aliphatic heterocycles. The zero-order chi connectivity index (χ0) is 13.7. The van der Waals surface area contributed by atoms with E-state index in [4.69, 9.17) is 0 Å². The molecular formula is C18H18O. The van der Waals surface area contributed by atoms with Crippen LogP contribution in [0.1, 0.15) is 41.3 Å². The van der Waals surface area contributed by atoms with Crippen LogP contribution in [0, 0.1) is 0 Å². The maximum Gasteiger partial charge on any atom is 0.185 e. The monoisotopic (exact) mass is 250 g/mol. The normalized spacial score (nSPS) is 11.1. The number of hydrogen-bond acceptors (Lipinski definition) is 1. The molecule has 0 N–H and O–H groups in total. The second kappa shape index (κ2) is 6.14. The summed E-state index contributed by atoms with van der Waals surface area (Å²) in [5.41, 5.74) is 3.02. The van der Waals surface area contributed by atoms with Crippen LogP contribution in [0.15, 0.2) is 60.7 Å². The molecule has 2 aromatic rings. The molecule has 0 aliphatic rings. The van der Waals surface area contributed by atoms with Crippen LogP contribution in [-0.2, 0) is 0 Å². The van der Waals surface area contributed by atoms with Gasteiger partial charge in [0.15, 0.2) is 5.78 Å². The summed E-state index contributed by atoms with van der Waals surface area (Å²) in [5, 5.41) is 0. The summed E-state index contributed by atoms with van der Waals surface area (Å²) in [6, 6.07) is 17.7. The third-order valence-corrected chi connectivity index (χ3v) is 3.09. The zero-order valence-corrected chi connectivity index (χ0v) is 11.3. The van der Waals surface area contributed by atoms with Crippen molar-refractivity contribution < 1.29 is 4.79 Å². The second-order valence-corrected chi connectivity index (χ2v) is 4.88. The summed E-state index contributed by atoms with van der Waals surface area (Å²) < 4.78 is 0. The second-order valence-electron chi connectivity index (χ2n) is 4.88. The summed E-state index contributed by atoms with van der Waals surface area (Å²) in [4.78, 5) is 12.0. The van der Waals surface area contributed by atoms with E-state index in [2.05, 4.69) is 13.8 Å². The van der Waals surface area contributed by atoms with E-state index in [0.717, 1.165) is 11.1 Å². The van der Waals surface area contributed by atoms with Gasteiger partial charge >= 0.3 is 0 Å². The van der Waals surface area contributed by atoms with Crippen molar-refractivity contribution >= 4 is 11.9 Å². The van der Waals surface area contributed by atoms with E-state index in [1.807, 2.05) is 60.7 Å². The van der Waals surface area contributed by atoms with Gasteiger partial charge in [-0.3, -0.25) is 4.79 Å². The van der Waals surface area contributed by atoms with Crippen molar-refractivity contribution in [1.82, 2.24) is 0 Å². The first-order valence-electron chi connectivity index (χ1n) is 6.54. The maximum absolute atomic E-state index is 12.0. The van der Waals surface area contributed by atoms with Gasteiger partial charge in [-0.05, 0) is 23.1 Å². The van der Waals surface area contributed by atoms with E-state index in [1.165, 1.54) is 5.56 Å². The predicted molar refractivity (Wildman–Crippen MR) is 80.3 cm³/mol. The minimum atomic E-state index is 0.0409. The number of carbonyl (C=O) groups excluding carboxylic acids is 1. The summed E-state index contributed by atoms with van der Waals surface area (Å²) in [6.07, 6.45) is 3.47. The molecule has 0 aromatic heterocycles. The standard InChI is InChI=1S/C18H18O/c1-14(2)16-9-11-17(12-10-16)18(19)13-8-15-6-4-3-5-7-15/h3-14H,1-2H3/b13-8+. The number of benzene rings is 2. The van der Waals surface area contributed by atoms with Gasteiger partial charge in [0, 0.05) is 5.56 Å². The Hall–Kier alpha value is -2.15. The molecule has 0 fully saturated rings. The molecule has 0 radical (unpaired) electrons. The topological polar surface area (TPSA) is 17.1 Å². The average molecular weight is 250 g/mol. The number of rotatable bonds is 4. The molecule has 19 heavy (non-hydrogen) atoms. The molecule has 2 rings (SSSR count). The molecule has 1 nitrogen and oxygen atoms in total. The molecule has 0 saturated carbocycles. The Morgan fingerprint density at radius 3 is 2.16 bits per heavy atom. The van der Waals surface area contributed by atoms with E-state index in [0.29, 0.717) is 5.92 Å². The Morgan fingerprint density at radius 1 is 0.947 bits per heavy atom. The van der Waals surface area contributed by atoms with Gasteiger partial charge < -0.3 is 0 Å². The fraction of sp³-hybridized carbons (Fsp3) is 0.167. The van der Waals surface area contributed by atoms with Crippen LogP contribution in [0.2, 0.25) is 0 Å². The molecule has 0 atom stereocenters. The van der Waals surface area contributed by atoms with Crippen LogP contribution in [-0.4, -0.2) is 5.78 Å². The van der Waals surface area contributed by atoms with Gasteiger partial charge in [0.2, 0.25) is 0 Å². The Balaban J connectivity index is 2.10. The van der Waals surface area contributed by atoms with Gasteiger partial charge in [-0.2, -0.15) is 0 Å². The van der Waals surface area contributed by atoms with Crippen LogP contribution in [0.25, 0.3) is 6.08 Å². The minimum absolute atomic E-state index is 0.0409. The van der Waals surface area contributed by atoms with E-state index < -0.39 is 0 Å². The van der Waals surface area contributed by atoms with Gasteiger partial charge in [0.1, 0.15) is 0 Å². The average Bonchev–Trinajstić information content (AvgIpc) is 2.46. The summed E-state index contributed by atoms with van der Waals surface area (Å²) in [7, 11) is 0. The van der Waals surface area contributed by atoms with Gasteiger partial charge in [-0.15, -0.1) is 0 Å². The summed E-state index contributed by atoms with van der Waals surface area (Å²) in [5.74, 6) is 0.531. The van der Waals surface area contributed by atoms with Gasteiger partial charge in [-0.25, -0.2) is 0 Å². The molecule has 0 unspecified atom stereocenters. The number of ketones is 1. The third kappa shape index (κ3) is 3.65. The van der Waals surface area contributed by atoms with Gasteiger partial charge in [0.05, 0.1) is 0 Å². The fourth-order valence-corrected chi connectivity index (χ4v) is 1.86. The largest absolute Gasteiger partial charge is 0.289 e. The molecular weight excluding hydrogens is 232 g/mol. The maximum atomic E-state index is 12.0. The highest BCUT2D eigenvalue weighted by atomic mass is 16.1. The number of carbonyl (C=O) groups is 1. The van der Waals surface area contributed by atoms with Gasteiger partial charge in [0.25, 0.3) is 0 Å². The van der Waals surface area contributed by atoms with Crippen LogP contribution < -0.4 is 0 Å². The highest BCUT2D eigenvalue weighted by Crippen LogP contribution is 2.15. The number of hydrogen-bond donors (Lipinski definition) is 0. The Bertz CT molecular complexity index is 562. The van der Waals surface area contributed by atoms with Crippen molar-refractivity contribution in [2.75, 3.05) is 0 Å². The summed E-state index contributed by atoms with van der Waals surface area (Å²) >= 11 is 0. The van der Waals surface area contributed by atoms with E-state index in [1.54, 1.807) is 6.08 Å². The van der Waals surface area contributed by atoms with Crippen molar-refractivity contribution in [3.8, 4) is 0 Å². The van der Waals surface area contributed by atoms with Gasteiger partial charge in [-0.1, -0.05) is 74.5 Å². The molecule has 0 saturated heterocycles. The SMILES string of the molecule is CC(C)c1ccc(C(=O)/C=C/c2ccccc2)cc1. The Morgan fingerprint density at radius 2 is 1.58 bits per heavy atom. The van der Waals surface area contributed by atoms with Crippen LogP contribution >= 0.6 is 0 Å². The predicted octanol–water partition coefficient (Wildman–Crippen LogP) is 4.71. The molecule has 0 heterocycles. The lowest BCUT2D eigenvalue weighted by atomic mass is 10.0. The number of allylic oxidation sites excluding steroid dienone is 1. The Labute approximate surface area is 114 Å². The van der Waals surface area contributed by atoms with E-state index in [9.17, 15) is 4.79 Å². The third-order valence-electron chi connectivity index (χ3n) is 3.09. The van der Waals surface area contributed by atoms with Crippen molar-refractivity contribution in [2.24, 2.45) is 0 Å². The molecule has 0 bridgehead atoms. The lowest BCUT2D eigenvalue weighted by Gasteiger charge is -2.05. The van der Waals surface area contributed by atoms with E-state index in [-0.39, 0.29) is 5.78 Å². The van der Waals surface area contributed by atoms with Crippen molar-refractivity contribution in [3.05, 3.63) is 77.4 Å². The highest BCUT2D eigenvalue weighted by Gasteiger charge is 2.03. The van der Waals surface area contributed by atoms with Crippen LogP contribution in [0.3, 0.4) is 0 Å². The molecule has 1 heteroatoms. The first-order chi connectivity index (χ1) is 9.16. The van der Waals surface area contributed by atoms with Crippen LogP contribution in [0.5, 0.6) is 0 Å². The molecule has 2 aromatic carbocycles. The molecule has 0 aliphatic carbocycles.